The van der Waals surface area contributed by atoms with Gasteiger partial charge in [0.05, 0.1) is 10.3 Å². The molecule has 1 amide bonds. The average Bonchev–Trinajstić information content (AvgIpc) is 3.34. The predicted octanol–water partition coefficient (Wildman–Crippen LogP) is 3.53. The van der Waals surface area contributed by atoms with Crippen LogP contribution < -0.4 is 15.9 Å². The van der Waals surface area contributed by atoms with Gasteiger partial charge in [-0.3, -0.25) is 20.2 Å². The number of hydrogen-bond donors (Lipinski definition) is 1. The summed E-state index contributed by atoms with van der Waals surface area (Å²) in [5.41, 5.74) is 1.13. The van der Waals surface area contributed by atoms with Crippen LogP contribution in [0.15, 0.2) is 75.2 Å². The van der Waals surface area contributed by atoms with E-state index in [1.807, 2.05) is 24.3 Å². The first-order valence-corrected chi connectivity index (χ1v) is 11.9. The zero-order valence-electron chi connectivity index (χ0n) is 18.3. The minimum Gasteiger partial charge on any atom is -0.457 e. The highest BCUT2D eigenvalue weighted by Gasteiger charge is 2.35. The van der Waals surface area contributed by atoms with Crippen molar-refractivity contribution in [3.8, 4) is 11.3 Å². The van der Waals surface area contributed by atoms with Crippen LogP contribution in [0.3, 0.4) is 0 Å². The molecule has 172 valence electrons. The Balaban J connectivity index is 1.54. The topological polar surface area (TPSA) is 113 Å². The van der Waals surface area contributed by atoms with E-state index in [0.717, 1.165) is 18.6 Å². The van der Waals surface area contributed by atoms with E-state index in [2.05, 4.69) is 12.2 Å². The number of hydrazone groups is 1. The van der Waals surface area contributed by atoms with Gasteiger partial charge in [-0.2, -0.15) is 0 Å². The fourth-order valence-electron chi connectivity index (χ4n) is 3.79. The second kappa shape index (κ2) is 9.14. The number of nitro groups is 1. The van der Waals surface area contributed by atoms with E-state index >= 15 is 0 Å². The molecule has 0 saturated heterocycles. The monoisotopic (exact) mass is 475 g/mol. The Hall–Kier alpha value is -3.92. The van der Waals surface area contributed by atoms with Crippen LogP contribution in [0, 0.1) is 10.1 Å². The van der Waals surface area contributed by atoms with Gasteiger partial charge in [0.15, 0.2) is 10.9 Å². The van der Waals surface area contributed by atoms with Crippen molar-refractivity contribution in [3.63, 3.8) is 0 Å². The molecular weight excluding hydrogens is 454 g/mol. The summed E-state index contributed by atoms with van der Waals surface area (Å²) in [6, 6.07) is 17.2. The van der Waals surface area contributed by atoms with Crippen LogP contribution in [0.2, 0.25) is 0 Å². The molecule has 0 aliphatic carbocycles. The molecule has 2 aliphatic heterocycles. The summed E-state index contributed by atoms with van der Waals surface area (Å²) in [6.45, 7) is 2.11. The largest absolute Gasteiger partial charge is 0.457 e. The van der Waals surface area contributed by atoms with Crippen molar-refractivity contribution in [1.29, 1.82) is 0 Å². The number of hydrogen-bond acceptors (Lipinski definition) is 8. The summed E-state index contributed by atoms with van der Waals surface area (Å²) in [6.07, 6.45) is 1.41. The highest BCUT2D eigenvalue weighted by Crippen LogP contribution is 2.34. The molecule has 1 unspecified atom stereocenters. The van der Waals surface area contributed by atoms with E-state index in [9.17, 15) is 14.9 Å². The van der Waals surface area contributed by atoms with E-state index in [-0.39, 0.29) is 11.6 Å². The molecule has 5 rings (SSSR count). The zero-order chi connectivity index (χ0) is 23.7. The number of para-hydroxylation sites is 1. The van der Waals surface area contributed by atoms with Gasteiger partial charge in [-0.1, -0.05) is 43.3 Å². The number of non-ortho nitro benzene ring substituents is 1. The van der Waals surface area contributed by atoms with Crippen molar-refractivity contribution in [2.24, 2.45) is 10.1 Å². The van der Waals surface area contributed by atoms with Crippen molar-refractivity contribution in [2.45, 2.75) is 25.9 Å². The van der Waals surface area contributed by atoms with Gasteiger partial charge < -0.3 is 4.42 Å². The third-order valence-electron chi connectivity index (χ3n) is 5.50. The van der Waals surface area contributed by atoms with Gasteiger partial charge in [0.1, 0.15) is 11.5 Å². The lowest BCUT2D eigenvalue weighted by molar-refractivity contribution is -0.384. The molecule has 0 spiro atoms. The Bertz CT molecular complexity index is 1410. The number of unbranched alkanes of at least 4 members (excludes halogenated alkanes) is 1. The third kappa shape index (κ3) is 4.08. The van der Waals surface area contributed by atoms with Crippen LogP contribution in [0.25, 0.3) is 17.0 Å². The zero-order valence-corrected chi connectivity index (χ0v) is 19.1. The molecule has 34 heavy (non-hydrogen) atoms. The van der Waals surface area contributed by atoms with E-state index < -0.39 is 11.1 Å². The maximum atomic E-state index is 13.1. The summed E-state index contributed by atoms with van der Waals surface area (Å²) in [4.78, 5) is 28.5. The minimum absolute atomic E-state index is 0.00966. The van der Waals surface area contributed by atoms with E-state index in [1.165, 1.54) is 23.9 Å². The van der Waals surface area contributed by atoms with Crippen molar-refractivity contribution in [3.05, 3.63) is 87.1 Å². The van der Waals surface area contributed by atoms with Gasteiger partial charge >= 0.3 is 0 Å². The molecular formula is C24H21N5O4S. The first-order valence-electron chi connectivity index (χ1n) is 10.9. The minimum atomic E-state index is -0.662. The van der Waals surface area contributed by atoms with Crippen LogP contribution in [-0.2, 0) is 4.79 Å². The molecule has 2 aliphatic rings. The van der Waals surface area contributed by atoms with Crippen molar-refractivity contribution >= 4 is 34.2 Å². The summed E-state index contributed by atoms with van der Waals surface area (Å²) in [7, 11) is 0. The van der Waals surface area contributed by atoms with Crippen molar-refractivity contribution in [1.82, 2.24) is 10.3 Å². The second-order valence-electron chi connectivity index (χ2n) is 7.78. The average molecular weight is 476 g/mol. The highest BCUT2D eigenvalue weighted by molar-refractivity contribution is 8.13. The first kappa shape index (κ1) is 21.9. The number of nitro benzene ring substituents is 1. The Morgan fingerprint density at radius 3 is 2.71 bits per heavy atom. The van der Waals surface area contributed by atoms with Crippen molar-refractivity contribution in [2.75, 3.05) is 5.75 Å². The molecule has 9 nitrogen and oxygen atoms in total. The lowest BCUT2D eigenvalue weighted by Gasteiger charge is -2.32. The summed E-state index contributed by atoms with van der Waals surface area (Å²) in [5, 5.41) is 22.1. The lowest BCUT2D eigenvalue weighted by Crippen LogP contribution is -2.50. The van der Waals surface area contributed by atoms with Gasteiger partial charge in [0.2, 0.25) is 6.17 Å². The maximum Gasteiger partial charge on any atom is 0.276 e. The standard InChI is InChI=1S/C24H21N5O4S/c1-2-3-14-34-24-26-23(30)21-17-6-4-5-7-18(17)25-22(28(21)27-24)20-13-12-19(33-20)15-8-10-16(11-9-15)29(31)32/h4-13,22H,2-3,14H2,1H3,(H,26,27,30). The fourth-order valence-corrected chi connectivity index (χ4v) is 4.72. The van der Waals surface area contributed by atoms with Gasteiger partial charge in [-0.15, -0.1) is 5.10 Å². The van der Waals surface area contributed by atoms with Gasteiger partial charge in [-0.25, -0.2) is 10.0 Å². The molecule has 10 heteroatoms. The summed E-state index contributed by atoms with van der Waals surface area (Å²) >= 11 is 1.50. The van der Waals surface area contributed by atoms with Crippen LogP contribution in [0.4, 0.5) is 5.69 Å². The second-order valence-corrected chi connectivity index (χ2v) is 8.86. The number of carbonyl (C=O) groups excluding carboxylic acids is 1. The lowest BCUT2D eigenvalue weighted by atomic mass is 10.1. The number of nitrogens with zero attached hydrogens (tertiary/aromatic N) is 4. The van der Waals surface area contributed by atoms with Gasteiger partial charge in [0.25, 0.3) is 11.6 Å². The molecule has 0 radical (unpaired) electrons. The number of nitrogens with one attached hydrogen (secondary N) is 1. The van der Waals surface area contributed by atoms with Crippen LogP contribution in [-0.4, -0.2) is 26.8 Å². The maximum absolute atomic E-state index is 13.1. The Labute approximate surface area is 199 Å². The van der Waals surface area contributed by atoms with Gasteiger partial charge in [0, 0.05) is 28.7 Å². The molecule has 1 aromatic heterocycles. The van der Waals surface area contributed by atoms with Crippen LogP contribution >= 0.6 is 11.8 Å². The molecule has 0 fully saturated rings. The normalized spacial score (nSPS) is 16.8. The van der Waals surface area contributed by atoms with E-state index in [4.69, 9.17) is 14.5 Å². The molecule has 0 saturated carbocycles. The number of thioether (sulfide) groups is 1. The molecule has 1 atom stereocenters. The summed E-state index contributed by atoms with van der Waals surface area (Å²) < 4.78 is 6.12. The fraction of sp³-hybridized carbons (Fsp3) is 0.208. The number of amidine groups is 1. The summed E-state index contributed by atoms with van der Waals surface area (Å²) in [5.74, 6) is 1.67. The number of carbonyl (C=O) groups is 1. The number of amides is 1. The van der Waals surface area contributed by atoms with E-state index in [0.29, 0.717) is 38.5 Å². The predicted molar refractivity (Wildman–Crippen MR) is 129 cm³/mol. The first-order chi connectivity index (χ1) is 16.5. The van der Waals surface area contributed by atoms with Crippen LogP contribution in [0.5, 0.6) is 0 Å². The van der Waals surface area contributed by atoms with E-state index in [1.54, 1.807) is 29.3 Å². The smallest absolute Gasteiger partial charge is 0.276 e. The Morgan fingerprint density at radius 2 is 1.94 bits per heavy atom. The van der Waals surface area contributed by atoms with Crippen LogP contribution in [0.1, 0.15) is 31.7 Å². The number of rotatable bonds is 6. The Kier molecular flexibility index (Phi) is 5.89. The van der Waals surface area contributed by atoms with Crippen molar-refractivity contribution < 1.29 is 14.1 Å². The molecule has 3 heterocycles. The number of benzene rings is 2. The molecule has 2 aromatic carbocycles. The van der Waals surface area contributed by atoms with Gasteiger partial charge in [-0.05, 0) is 36.8 Å². The Morgan fingerprint density at radius 1 is 1.15 bits per heavy atom. The number of furan rings is 1. The third-order valence-corrected chi connectivity index (χ3v) is 6.45. The number of fused-ring (bicyclic) bond motifs is 2. The highest BCUT2D eigenvalue weighted by atomic mass is 32.2. The molecule has 3 aromatic rings. The molecule has 0 bridgehead atoms. The SMILES string of the molecule is CCCCSC1=NN2C(=c3ccccc3=NC2c2ccc(-c3ccc([N+](=O)[O-])cc3)o2)C(=O)N1. The molecule has 1 N–H and O–H groups in total. The quantitative estimate of drug-likeness (QED) is 0.331.